The second kappa shape index (κ2) is 4.82. The van der Waals surface area contributed by atoms with E-state index in [2.05, 4.69) is 6.92 Å². The van der Waals surface area contributed by atoms with Crippen molar-refractivity contribution in [3.63, 3.8) is 0 Å². The molecule has 0 aromatic carbocycles. The van der Waals surface area contributed by atoms with Crippen LogP contribution in [0.5, 0.6) is 0 Å². The van der Waals surface area contributed by atoms with Crippen LogP contribution in [0.4, 0.5) is 0 Å². The standard InChI is InChI=1S/C18H26O5/c1-12(13(19)22-3)5-16-6-15(2)7-17(9-16,14(20)23-4)11-18(21,8-15)10-16/h5,21H,6-11H2,1-4H3/b12-5+. The van der Waals surface area contributed by atoms with Crippen molar-refractivity contribution in [3.05, 3.63) is 11.6 Å². The Labute approximate surface area is 137 Å². The lowest BCUT2D eigenvalue weighted by Crippen LogP contribution is -2.65. The van der Waals surface area contributed by atoms with Gasteiger partial charge in [0, 0.05) is 5.57 Å². The summed E-state index contributed by atoms with van der Waals surface area (Å²) in [5.41, 5.74) is -1.40. The van der Waals surface area contributed by atoms with E-state index in [0.717, 1.165) is 12.8 Å². The van der Waals surface area contributed by atoms with E-state index in [9.17, 15) is 14.7 Å². The monoisotopic (exact) mass is 322 g/mol. The summed E-state index contributed by atoms with van der Waals surface area (Å²) in [5.74, 6) is -0.584. The summed E-state index contributed by atoms with van der Waals surface area (Å²) in [4.78, 5) is 24.3. The van der Waals surface area contributed by atoms with Gasteiger partial charge < -0.3 is 14.6 Å². The van der Waals surface area contributed by atoms with Crippen molar-refractivity contribution in [2.24, 2.45) is 16.2 Å². The molecule has 128 valence electrons. The van der Waals surface area contributed by atoms with Crippen molar-refractivity contribution < 1.29 is 24.2 Å². The Morgan fingerprint density at radius 2 is 1.70 bits per heavy atom. The molecule has 4 rings (SSSR count). The van der Waals surface area contributed by atoms with Crippen LogP contribution in [0.2, 0.25) is 0 Å². The number of esters is 2. The number of ether oxygens (including phenoxy) is 2. The van der Waals surface area contributed by atoms with Gasteiger partial charge in [-0.3, -0.25) is 4.79 Å². The Morgan fingerprint density at radius 3 is 2.26 bits per heavy atom. The van der Waals surface area contributed by atoms with Crippen molar-refractivity contribution in [2.75, 3.05) is 14.2 Å². The molecule has 0 aliphatic heterocycles. The van der Waals surface area contributed by atoms with Crippen LogP contribution in [-0.2, 0) is 19.1 Å². The van der Waals surface area contributed by atoms with Gasteiger partial charge in [0.05, 0.1) is 25.2 Å². The van der Waals surface area contributed by atoms with Crippen molar-refractivity contribution >= 4 is 11.9 Å². The van der Waals surface area contributed by atoms with Crippen molar-refractivity contribution in [1.82, 2.24) is 0 Å². The maximum absolute atomic E-state index is 12.5. The molecular formula is C18H26O5. The van der Waals surface area contributed by atoms with E-state index in [0.29, 0.717) is 31.3 Å². The van der Waals surface area contributed by atoms with Crippen molar-refractivity contribution in [2.45, 2.75) is 58.0 Å². The Bertz CT molecular complexity index is 572. The number of hydrogen-bond donors (Lipinski definition) is 1. The molecule has 0 heterocycles. The van der Waals surface area contributed by atoms with Crippen LogP contribution in [0.25, 0.3) is 0 Å². The fourth-order valence-electron chi connectivity index (χ4n) is 6.44. The first kappa shape index (κ1) is 16.5. The van der Waals surface area contributed by atoms with E-state index >= 15 is 0 Å². The van der Waals surface area contributed by atoms with Crippen LogP contribution in [0.15, 0.2) is 11.6 Å². The van der Waals surface area contributed by atoms with Gasteiger partial charge in [-0.05, 0) is 56.3 Å². The average Bonchev–Trinajstić information content (AvgIpc) is 2.40. The summed E-state index contributed by atoms with van der Waals surface area (Å²) in [7, 11) is 2.78. The van der Waals surface area contributed by atoms with E-state index in [1.54, 1.807) is 6.92 Å². The lowest BCUT2D eigenvalue weighted by Gasteiger charge is -2.67. The van der Waals surface area contributed by atoms with E-state index in [1.807, 2.05) is 6.08 Å². The Kier molecular flexibility index (Phi) is 3.46. The zero-order valence-corrected chi connectivity index (χ0v) is 14.4. The number of aliphatic hydroxyl groups is 1. The minimum Gasteiger partial charge on any atom is -0.469 e. The summed E-state index contributed by atoms with van der Waals surface area (Å²) in [5, 5.41) is 11.1. The van der Waals surface area contributed by atoms with Gasteiger partial charge in [-0.2, -0.15) is 0 Å². The Morgan fingerprint density at radius 1 is 1.00 bits per heavy atom. The normalized spacial score (nSPS) is 45.0. The number of methoxy groups -OCH3 is 2. The molecule has 0 saturated heterocycles. The lowest BCUT2D eigenvalue weighted by molar-refractivity contribution is -0.226. The highest BCUT2D eigenvalue weighted by molar-refractivity contribution is 5.87. The number of allylic oxidation sites excluding steroid dienone is 1. The molecule has 1 N–H and O–H groups in total. The van der Waals surface area contributed by atoms with Gasteiger partial charge in [-0.25, -0.2) is 4.79 Å². The molecule has 4 bridgehead atoms. The van der Waals surface area contributed by atoms with Gasteiger partial charge in [0.25, 0.3) is 0 Å². The molecule has 0 radical (unpaired) electrons. The van der Waals surface area contributed by atoms with Crippen LogP contribution in [0.1, 0.15) is 52.4 Å². The van der Waals surface area contributed by atoms with Crippen LogP contribution in [0, 0.1) is 16.2 Å². The highest BCUT2D eigenvalue weighted by Gasteiger charge is 2.68. The van der Waals surface area contributed by atoms with Gasteiger partial charge in [-0.1, -0.05) is 13.0 Å². The highest BCUT2D eigenvalue weighted by atomic mass is 16.5. The molecule has 0 amide bonds. The lowest BCUT2D eigenvalue weighted by atomic mass is 9.38. The number of rotatable bonds is 3. The Hall–Kier alpha value is -1.36. The molecule has 23 heavy (non-hydrogen) atoms. The zero-order chi connectivity index (χ0) is 17.1. The second-order valence-corrected chi connectivity index (χ2v) is 8.55. The minimum absolute atomic E-state index is 0.107. The number of carbonyl (C=O) groups excluding carboxylic acids is 2. The largest absolute Gasteiger partial charge is 0.469 e. The van der Waals surface area contributed by atoms with Crippen LogP contribution in [-0.4, -0.2) is 36.9 Å². The topological polar surface area (TPSA) is 72.8 Å². The molecule has 4 unspecified atom stereocenters. The zero-order valence-electron chi connectivity index (χ0n) is 14.4. The maximum Gasteiger partial charge on any atom is 0.333 e. The van der Waals surface area contributed by atoms with Gasteiger partial charge in [0.15, 0.2) is 0 Å². The summed E-state index contributed by atoms with van der Waals surface area (Å²) in [6.45, 7) is 3.88. The third-order valence-corrected chi connectivity index (χ3v) is 5.99. The molecule has 0 spiro atoms. The van der Waals surface area contributed by atoms with E-state index in [1.165, 1.54) is 14.2 Å². The van der Waals surface area contributed by atoms with Crippen molar-refractivity contribution in [3.8, 4) is 0 Å². The quantitative estimate of drug-likeness (QED) is 0.638. The smallest absolute Gasteiger partial charge is 0.333 e. The van der Waals surface area contributed by atoms with Crippen LogP contribution in [0.3, 0.4) is 0 Å². The van der Waals surface area contributed by atoms with Gasteiger partial charge in [0.2, 0.25) is 0 Å². The van der Waals surface area contributed by atoms with Crippen LogP contribution >= 0.6 is 0 Å². The molecule has 4 aliphatic carbocycles. The molecule has 4 atom stereocenters. The van der Waals surface area contributed by atoms with Gasteiger partial charge in [0.1, 0.15) is 0 Å². The average molecular weight is 322 g/mol. The van der Waals surface area contributed by atoms with Gasteiger partial charge >= 0.3 is 11.9 Å². The number of carbonyl (C=O) groups is 2. The Balaban J connectivity index is 2.06. The van der Waals surface area contributed by atoms with E-state index < -0.39 is 11.0 Å². The summed E-state index contributed by atoms with van der Waals surface area (Å²) >= 11 is 0. The molecule has 4 aliphatic rings. The third-order valence-electron chi connectivity index (χ3n) is 5.99. The first-order valence-corrected chi connectivity index (χ1v) is 8.18. The molecule has 5 heteroatoms. The number of hydrogen-bond acceptors (Lipinski definition) is 5. The maximum atomic E-state index is 12.5. The molecule has 0 aromatic rings. The fourth-order valence-corrected chi connectivity index (χ4v) is 6.44. The van der Waals surface area contributed by atoms with E-state index in [4.69, 9.17) is 9.47 Å². The summed E-state index contributed by atoms with van der Waals surface area (Å²) in [6.07, 6.45) is 6.00. The predicted octanol–water partition coefficient (Wildman–Crippen LogP) is 2.37. The minimum atomic E-state index is -0.857. The van der Waals surface area contributed by atoms with Crippen molar-refractivity contribution in [1.29, 1.82) is 0 Å². The first-order chi connectivity index (χ1) is 10.6. The highest BCUT2D eigenvalue weighted by Crippen LogP contribution is 2.71. The molecule has 4 fully saturated rings. The molecular weight excluding hydrogens is 296 g/mol. The predicted molar refractivity (Wildman–Crippen MR) is 83.4 cm³/mol. The summed E-state index contributed by atoms with van der Waals surface area (Å²) in [6, 6.07) is 0. The molecule has 5 nitrogen and oxygen atoms in total. The second-order valence-electron chi connectivity index (χ2n) is 8.55. The van der Waals surface area contributed by atoms with Crippen LogP contribution < -0.4 is 0 Å². The van der Waals surface area contributed by atoms with Gasteiger partial charge in [-0.15, -0.1) is 0 Å². The van der Waals surface area contributed by atoms with E-state index in [-0.39, 0.29) is 22.8 Å². The summed E-state index contributed by atoms with van der Waals surface area (Å²) < 4.78 is 9.89. The SMILES string of the molecule is COC(=O)/C(C)=C/C12CC3(C)CC(O)(C1)CC(C(=O)OC)(C3)C2. The molecule has 0 aromatic heterocycles. The third kappa shape index (κ3) is 2.49. The molecule has 4 saturated carbocycles. The fraction of sp³-hybridized carbons (Fsp3) is 0.778. The first-order valence-electron chi connectivity index (χ1n) is 8.18.